The Labute approximate surface area is 252 Å². The minimum absolute atomic E-state index is 0.0108. The number of nitrogens with zero attached hydrogens (tertiary/aromatic N) is 2. The van der Waals surface area contributed by atoms with Crippen LogP contribution in [-0.2, 0) is 15.1 Å². The number of carbonyl (C=O) groups excluding carboxylic acids is 2. The van der Waals surface area contributed by atoms with Gasteiger partial charge in [-0.2, -0.15) is 26.3 Å². The highest BCUT2D eigenvalue weighted by Gasteiger charge is 2.59. The zero-order chi connectivity index (χ0) is 31.7. The molecule has 3 aromatic rings. The molecule has 5 rings (SSSR count). The van der Waals surface area contributed by atoms with E-state index in [4.69, 9.17) is 4.74 Å². The van der Waals surface area contributed by atoms with E-state index in [2.05, 4.69) is 20.6 Å². The lowest BCUT2D eigenvalue weighted by Gasteiger charge is -2.41. The molecule has 1 fully saturated rings. The first-order valence-electron chi connectivity index (χ1n) is 13.8. The lowest BCUT2D eigenvalue weighted by molar-refractivity contribution is -0.201. The van der Waals surface area contributed by atoms with Crippen molar-refractivity contribution in [1.82, 2.24) is 20.6 Å². The molecule has 0 radical (unpaired) electrons. The van der Waals surface area contributed by atoms with Crippen LogP contribution in [-0.4, -0.2) is 47.3 Å². The predicted molar refractivity (Wildman–Crippen MR) is 151 cm³/mol. The van der Waals surface area contributed by atoms with Crippen LogP contribution in [0.5, 0.6) is 5.75 Å². The number of thiazole rings is 1. The van der Waals surface area contributed by atoms with Crippen LogP contribution in [0.2, 0.25) is 0 Å². The smallest absolute Gasteiger partial charge is 0.416 e. The summed E-state index contributed by atoms with van der Waals surface area (Å²) >= 11 is 1.54. The minimum Gasteiger partial charge on any atom is -0.494 e. The molecule has 1 saturated carbocycles. The maximum atomic E-state index is 14.9. The van der Waals surface area contributed by atoms with Crippen LogP contribution in [0.25, 0.3) is 16.1 Å². The van der Waals surface area contributed by atoms with Gasteiger partial charge in [0.05, 0.1) is 12.3 Å². The van der Waals surface area contributed by atoms with Crippen molar-refractivity contribution in [1.29, 1.82) is 0 Å². The summed E-state index contributed by atoms with van der Waals surface area (Å²) in [6, 6.07) is 7.91. The van der Waals surface area contributed by atoms with E-state index in [0.29, 0.717) is 11.5 Å². The van der Waals surface area contributed by atoms with Gasteiger partial charge in [0.15, 0.2) is 5.54 Å². The molecule has 2 aliphatic rings. The van der Waals surface area contributed by atoms with E-state index >= 15 is 0 Å². The normalized spacial score (nSPS) is 19.1. The van der Waals surface area contributed by atoms with E-state index in [-0.39, 0.29) is 47.7 Å². The number of aromatic nitrogens is 2. The van der Waals surface area contributed by atoms with Gasteiger partial charge in [-0.05, 0) is 60.6 Å². The molecule has 1 aliphatic heterocycles. The number of alkyl halides is 6. The van der Waals surface area contributed by atoms with Crippen LogP contribution in [0.1, 0.15) is 61.1 Å². The summed E-state index contributed by atoms with van der Waals surface area (Å²) in [5.74, 6) is -0.894. The fourth-order valence-corrected chi connectivity index (χ4v) is 6.03. The van der Waals surface area contributed by atoms with Crippen LogP contribution < -0.4 is 15.4 Å². The number of amides is 2. The molecule has 2 N–H and O–H groups in total. The Morgan fingerprint density at radius 1 is 1.07 bits per heavy atom. The fourth-order valence-electron chi connectivity index (χ4n) is 4.95. The van der Waals surface area contributed by atoms with E-state index in [9.17, 15) is 35.9 Å². The quantitative estimate of drug-likeness (QED) is 0.191. The third kappa shape index (κ3) is 7.06. The second-order valence-electron chi connectivity index (χ2n) is 10.8. The number of hydrogen-bond donors (Lipinski definition) is 2. The van der Waals surface area contributed by atoms with Crippen molar-refractivity contribution >= 4 is 28.7 Å². The van der Waals surface area contributed by atoms with Gasteiger partial charge in [0.1, 0.15) is 10.8 Å². The molecular formula is C30H28F6N4O3S. The molecule has 0 unspecified atom stereocenters. The number of pyridine rings is 1. The highest BCUT2D eigenvalue weighted by Crippen LogP contribution is 2.49. The molecule has 2 aromatic heterocycles. The topological polar surface area (TPSA) is 93.2 Å². The first kappa shape index (κ1) is 31.5. The number of hydrogen-bond acceptors (Lipinski definition) is 6. The van der Waals surface area contributed by atoms with E-state index in [0.717, 1.165) is 30.0 Å². The first-order valence-corrected chi connectivity index (χ1v) is 14.7. The number of nitrogens with one attached hydrogen (secondary N) is 2. The molecule has 7 nitrogen and oxygen atoms in total. The summed E-state index contributed by atoms with van der Waals surface area (Å²) in [5.41, 5.74) is -2.39. The molecule has 0 bridgehead atoms. The van der Waals surface area contributed by atoms with Crippen LogP contribution in [0.3, 0.4) is 0 Å². The van der Waals surface area contributed by atoms with Gasteiger partial charge in [-0.1, -0.05) is 12.1 Å². The SMILES string of the molecule is CC(=O)NCC1=C(c2ccc(-c3ncc(C4CC4)s3)cn2)C[C@](c2ccc(OCCCC(F)(F)F)cc2)(C(F)(F)F)NC1=O. The molecule has 14 heteroatoms. The molecule has 1 aliphatic carbocycles. The predicted octanol–water partition coefficient (Wildman–Crippen LogP) is 6.67. The van der Waals surface area contributed by atoms with E-state index in [1.54, 1.807) is 6.07 Å². The van der Waals surface area contributed by atoms with Gasteiger partial charge >= 0.3 is 12.4 Å². The summed E-state index contributed by atoms with van der Waals surface area (Å²) in [6.07, 6.45) is -5.84. The third-order valence-electron chi connectivity index (χ3n) is 7.45. The number of benzene rings is 1. The molecule has 1 aromatic carbocycles. The summed E-state index contributed by atoms with van der Waals surface area (Å²) in [5, 5.41) is 5.34. The van der Waals surface area contributed by atoms with Crippen molar-refractivity contribution in [2.75, 3.05) is 13.2 Å². The number of halogens is 6. The Morgan fingerprint density at radius 3 is 2.39 bits per heavy atom. The molecule has 2 amide bonds. The minimum atomic E-state index is -4.97. The average molecular weight is 639 g/mol. The van der Waals surface area contributed by atoms with Crippen molar-refractivity contribution in [3.8, 4) is 16.3 Å². The average Bonchev–Trinajstić information content (AvgIpc) is 3.69. The molecule has 3 heterocycles. The summed E-state index contributed by atoms with van der Waals surface area (Å²) < 4.78 is 87.3. The van der Waals surface area contributed by atoms with Crippen LogP contribution in [0, 0.1) is 0 Å². The fraction of sp³-hybridized carbons (Fsp3) is 0.400. The van der Waals surface area contributed by atoms with E-state index < -0.39 is 42.5 Å². The number of rotatable bonds is 10. The van der Waals surface area contributed by atoms with Gasteiger partial charge in [-0.15, -0.1) is 11.3 Å². The van der Waals surface area contributed by atoms with Gasteiger partial charge < -0.3 is 15.4 Å². The molecule has 0 spiro atoms. The van der Waals surface area contributed by atoms with Gasteiger partial charge in [0, 0.05) is 54.7 Å². The lowest BCUT2D eigenvalue weighted by atomic mass is 9.77. The largest absolute Gasteiger partial charge is 0.494 e. The van der Waals surface area contributed by atoms with Gasteiger partial charge in [-0.3, -0.25) is 14.6 Å². The van der Waals surface area contributed by atoms with Gasteiger partial charge in [-0.25, -0.2) is 4.98 Å². The monoisotopic (exact) mass is 638 g/mol. The van der Waals surface area contributed by atoms with Crippen LogP contribution in [0.15, 0.2) is 54.4 Å². The Bertz CT molecular complexity index is 1550. The van der Waals surface area contributed by atoms with Crippen molar-refractivity contribution in [2.24, 2.45) is 0 Å². The maximum Gasteiger partial charge on any atom is 0.416 e. The standard InChI is InChI=1S/C30H28F6N4O3S/c1-17(41)37-15-23-22(24-10-5-19(14-38-24)27-39-16-25(44-27)18-3-4-18)13-28(30(34,35)36,40-26(23)42)20-6-8-21(9-7-20)43-12-2-11-29(31,32)33/h5-10,14,16,18H,2-4,11-13,15H2,1H3,(H,37,41)(H,40,42)/t28-/m0/s1. The lowest BCUT2D eigenvalue weighted by Crippen LogP contribution is -2.59. The Kier molecular flexibility index (Phi) is 8.74. The van der Waals surface area contributed by atoms with E-state index in [1.807, 2.05) is 6.20 Å². The van der Waals surface area contributed by atoms with Crippen molar-refractivity contribution in [3.05, 3.63) is 70.5 Å². The second-order valence-corrected chi connectivity index (χ2v) is 11.8. The zero-order valence-corrected chi connectivity index (χ0v) is 24.3. The first-order chi connectivity index (χ1) is 20.8. The highest BCUT2D eigenvalue weighted by atomic mass is 32.1. The summed E-state index contributed by atoms with van der Waals surface area (Å²) in [7, 11) is 0. The molecular weight excluding hydrogens is 610 g/mol. The number of carbonyl (C=O) groups is 2. The second kappa shape index (κ2) is 12.2. The Hall–Kier alpha value is -3.94. The Morgan fingerprint density at radius 2 is 1.80 bits per heavy atom. The van der Waals surface area contributed by atoms with Crippen LogP contribution >= 0.6 is 11.3 Å². The van der Waals surface area contributed by atoms with Gasteiger partial charge in [0.2, 0.25) is 11.8 Å². The molecule has 44 heavy (non-hydrogen) atoms. The third-order valence-corrected chi connectivity index (χ3v) is 8.66. The van der Waals surface area contributed by atoms with Gasteiger partial charge in [0.25, 0.3) is 0 Å². The Balaban J connectivity index is 1.45. The molecule has 0 saturated heterocycles. The van der Waals surface area contributed by atoms with Crippen molar-refractivity contribution in [2.45, 2.75) is 62.8 Å². The summed E-state index contributed by atoms with van der Waals surface area (Å²) in [4.78, 5) is 35.0. The summed E-state index contributed by atoms with van der Waals surface area (Å²) in [6.45, 7) is 0.643. The zero-order valence-electron chi connectivity index (χ0n) is 23.4. The molecule has 234 valence electrons. The van der Waals surface area contributed by atoms with E-state index in [1.165, 1.54) is 47.5 Å². The van der Waals surface area contributed by atoms with Crippen molar-refractivity contribution in [3.63, 3.8) is 0 Å². The van der Waals surface area contributed by atoms with Crippen LogP contribution in [0.4, 0.5) is 26.3 Å². The highest BCUT2D eigenvalue weighted by molar-refractivity contribution is 7.15. The maximum absolute atomic E-state index is 14.9. The van der Waals surface area contributed by atoms with Crippen molar-refractivity contribution < 1.29 is 40.7 Å². The molecule has 1 atom stereocenters. The number of ether oxygens (including phenoxy) is 1.